The molecular weight excluding hydrogens is 422 g/mol. The Morgan fingerprint density at radius 1 is 1.07 bits per heavy atom. The van der Waals surface area contributed by atoms with Gasteiger partial charge in [0.05, 0.1) is 16.1 Å². The number of hydrogen-bond donors (Lipinski definition) is 1. The molecule has 0 bridgehead atoms. The first-order valence-corrected chi connectivity index (χ1v) is 11.0. The summed E-state index contributed by atoms with van der Waals surface area (Å²) < 4.78 is 55.6. The van der Waals surface area contributed by atoms with Crippen LogP contribution in [-0.2, 0) is 10.0 Å². The van der Waals surface area contributed by atoms with E-state index in [1.165, 1.54) is 16.4 Å². The molecule has 0 saturated carbocycles. The van der Waals surface area contributed by atoms with Crippen molar-refractivity contribution in [1.82, 2.24) is 4.31 Å². The number of rotatable bonds is 4. The van der Waals surface area contributed by atoms with Gasteiger partial charge in [-0.15, -0.1) is 0 Å². The molecule has 0 radical (unpaired) electrons. The molecule has 29 heavy (non-hydrogen) atoms. The van der Waals surface area contributed by atoms with Crippen molar-refractivity contribution >= 4 is 33.2 Å². The lowest BCUT2D eigenvalue weighted by molar-refractivity contribution is 0.102. The van der Waals surface area contributed by atoms with E-state index < -0.39 is 33.1 Å². The van der Waals surface area contributed by atoms with Gasteiger partial charge in [0.15, 0.2) is 0 Å². The van der Waals surface area contributed by atoms with Crippen LogP contribution >= 0.6 is 11.6 Å². The number of nitrogens with one attached hydrogen (secondary N) is 1. The predicted octanol–water partition coefficient (Wildman–Crippen LogP) is 4.54. The van der Waals surface area contributed by atoms with Crippen molar-refractivity contribution in [3.63, 3.8) is 0 Å². The third-order valence-corrected chi connectivity index (χ3v) is 6.90. The van der Waals surface area contributed by atoms with Crippen LogP contribution in [0.3, 0.4) is 0 Å². The van der Waals surface area contributed by atoms with E-state index in [9.17, 15) is 22.0 Å². The van der Waals surface area contributed by atoms with Gasteiger partial charge in [-0.25, -0.2) is 17.2 Å². The molecule has 0 aromatic heterocycles. The van der Waals surface area contributed by atoms with E-state index in [1.807, 2.05) is 13.8 Å². The van der Waals surface area contributed by atoms with Gasteiger partial charge in [0.2, 0.25) is 10.0 Å². The highest BCUT2D eigenvalue weighted by molar-refractivity contribution is 7.89. The summed E-state index contributed by atoms with van der Waals surface area (Å²) in [7, 11) is -3.89. The lowest BCUT2D eigenvalue weighted by Crippen LogP contribution is -2.42. The third kappa shape index (κ3) is 4.76. The first-order valence-electron chi connectivity index (χ1n) is 9.14. The Morgan fingerprint density at radius 3 is 2.34 bits per heavy atom. The van der Waals surface area contributed by atoms with Crippen molar-refractivity contribution in [1.29, 1.82) is 0 Å². The summed E-state index contributed by atoms with van der Waals surface area (Å²) in [6.45, 7) is 4.67. The molecule has 1 saturated heterocycles. The highest BCUT2D eigenvalue weighted by Crippen LogP contribution is 2.28. The summed E-state index contributed by atoms with van der Waals surface area (Å²) >= 11 is 5.68. The lowest BCUT2D eigenvalue weighted by Gasteiger charge is -2.34. The highest BCUT2D eigenvalue weighted by atomic mass is 35.5. The van der Waals surface area contributed by atoms with Crippen LogP contribution in [0.25, 0.3) is 0 Å². The largest absolute Gasteiger partial charge is 0.319 e. The summed E-state index contributed by atoms with van der Waals surface area (Å²) in [5.41, 5.74) is -0.677. The van der Waals surface area contributed by atoms with Crippen molar-refractivity contribution in [3.8, 4) is 0 Å². The molecule has 1 aliphatic heterocycles. The molecule has 2 aromatic rings. The maximum absolute atomic E-state index is 14.3. The Kier molecular flexibility index (Phi) is 6.26. The third-order valence-electron chi connectivity index (χ3n) is 4.83. The molecular formula is C20H21ClF2N2O3S. The quantitative estimate of drug-likeness (QED) is 0.756. The number of amides is 1. The second-order valence-electron chi connectivity index (χ2n) is 7.49. The Hall–Kier alpha value is -2.03. The monoisotopic (exact) mass is 442 g/mol. The minimum Gasteiger partial charge on any atom is -0.319 e. The normalized spacial score (nSPS) is 20.4. The molecule has 156 valence electrons. The van der Waals surface area contributed by atoms with Gasteiger partial charge in [0.25, 0.3) is 5.91 Å². The van der Waals surface area contributed by atoms with Gasteiger partial charge >= 0.3 is 0 Å². The molecule has 2 aromatic carbocycles. The number of carbonyl (C=O) groups excluding carboxylic acids is 1. The van der Waals surface area contributed by atoms with Gasteiger partial charge in [-0.2, -0.15) is 4.31 Å². The molecule has 1 heterocycles. The molecule has 2 atom stereocenters. The summed E-state index contributed by atoms with van der Waals surface area (Å²) in [6.07, 6.45) is 0.926. The zero-order valence-corrected chi connectivity index (χ0v) is 17.5. The van der Waals surface area contributed by atoms with E-state index in [4.69, 9.17) is 11.6 Å². The van der Waals surface area contributed by atoms with Gasteiger partial charge in [-0.05, 0) is 54.7 Å². The fraction of sp³-hybridized carbons (Fsp3) is 0.350. The van der Waals surface area contributed by atoms with Crippen molar-refractivity contribution < 1.29 is 22.0 Å². The number of hydrogen-bond acceptors (Lipinski definition) is 3. The Balaban J connectivity index is 1.90. The second-order valence-corrected chi connectivity index (χ2v) is 9.86. The maximum Gasteiger partial charge on any atom is 0.258 e. The van der Waals surface area contributed by atoms with E-state index in [0.29, 0.717) is 13.1 Å². The summed E-state index contributed by atoms with van der Waals surface area (Å²) in [5.74, 6) is -2.25. The fourth-order valence-corrected chi connectivity index (χ4v) is 5.44. The predicted molar refractivity (Wildman–Crippen MR) is 107 cm³/mol. The van der Waals surface area contributed by atoms with E-state index in [1.54, 1.807) is 0 Å². The molecule has 0 aliphatic carbocycles. The first kappa shape index (κ1) is 21.7. The molecule has 1 aliphatic rings. The van der Waals surface area contributed by atoms with Gasteiger partial charge < -0.3 is 5.32 Å². The summed E-state index contributed by atoms with van der Waals surface area (Å²) in [6, 6.07) is 6.66. The molecule has 5 nitrogen and oxygen atoms in total. The number of nitrogens with zero attached hydrogens (tertiary/aromatic N) is 1. The molecule has 1 amide bonds. The van der Waals surface area contributed by atoms with Gasteiger partial charge in [-0.3, -0.25) is 4.79 Å². The Bertz CT molecular complexity index is 1040. The number of sulfonamides is 1. The van der Waals surface area contributed by atoms with Gasteiger partial charge in [0, 0.05) is 18.1 Å². The highest BCUT2D eigenvalue weighted by Gasteiger charge is 2.32. The number of halogens is 3. The minimum absolute atomic E-state index is 0.143. The van der Waals surface area contributed by atoms with Crippen LogP contribution < -0.4 is 5.32 Å². The van der Waals surface area contributed by atoms with Crippen molar-refractivity contribution in [2.24, 2.45) is 11.8 Å². The number of benzene rings is 2. The van der Waals surface area contributed by atoms with Crippen molar-refractivity contribution in [3.05, 3.63) is 58.6 Å². The van der Waals surface area contributed by atoms with E-state index >= 15 is 0 Å². The van der Waals surface area contributed by atoms with Crippen LogP contribution in [-0.4, -0.2) is 31.7 Å². The van der Waals surface area contributed by atoms with E-state index in [0.717, 1.165) is 30.7 Å². The first-order chi connectivity index (χ1) is 13.6. The molecule has 9 heteroatoms. The fourth-order valence-electron chi connectivity index (χ4n) is 3.57. The van der Waals surface area contributed by atoms with Crippen LogP contribution in [0, 0.1) is 23.5 Å². The number of carbonyl (C=O) groups is 1. The van der Waals surface area contributed by atoms with Crippen molar-refractivity contribution in [2.45, 2.75) is 25.2 Å². The topological polar surface area (TPSA) is 66.5 Å². The molecule has 1 N–H and O–H groups in total. The van der Waals surface area contributed by atoms with Gasteiger partial charge in [0.1, 0.15) is 11.6 Å². The number of piperidine rings is 1. The average Bonchev–Trinajstić information content (AvgIpc) is 2.63. The standard InChI is InChI=1S/C20H21ClF2N2O3S/c1-12-7-13(2)11-25(10-12)29(27,28)15-4-5-17(22)16(9-15)20(26)24-19-6-3-14(21)8-18(19)23/h3-6,8-9,12-13H,7,10-11H2,1-2H3,(H,24,26)/t12-,13-/m0/s1. The SMILES string of the molecule is C[C@H]1C[C@H](C)CN(S(=O)(=O)c2ccc(F)c(C(=O)Nc3ccc(Cl)cc3F)c2)C1. The lowest BCUT2D eigenvalue weighted by atomic mass is 9.94. The maximum atomic E-state index is 14.3. The molecule has 3 rings (SSSR count). The smallest absolute Gasteiger partial charge is 0.258 e. The Labute approximate surface area is 173 Å². The van der Waals surface area contributed by atoms with Crippen LogP contribution in [0.15, 0.2) is 41.3 Å². The molecule has 1 fully saturated rings. The molecule has 0 unspecified atom stereocenters. The van der Waals surface area contributed by atoms with Crippen LogP contribution in [0.2, 0.25) is 5.02 Å². The average molecular weight is 443 g/mol. The van der Waals surface area contributed by atoms with Crippen LogP contribution in [0.5, 0.6) is 0 Å². The molecule has 0 spiro atoms. The summed E-state index contributed by atoms with van der Waals surface area (Å²) in [4.78, 5) is 12.3. The summed E-state index contributed by atoms with van der Waals surface area (Å²) in [5, 5.41) is 2.39. The Morgan fingerprint density at radius 2 is 1.72 bits per heavy atom. The minimum atomic E-state index is -3.89. The zero-order valence-electron chi connectivity index (χ0n) is 16.0. The van der Waals surface area contributed by atoms with E-state index in [-0.39, 0.29) is 27.4 Å². The van der Waals surface area contributed by atoms with E-state index in [2.05, 4.69) is 5.32 Å². The number of anilines is 1. The van der Waals surface area contributed by atoms with Crippen LogP contribution in [0.1, 0.15) is 30.6 Å². The van der Waals surface area contributed by atoms with Crippen molar-refractivity contribution in [2.75, 3.05) is 18.4 Å². The van der Waals surface area contributed by atoms with Gasteiger partial charge in [-0.1, -0.05) is 25.4 Å². The zero-order chi connectivity index (χ0) is 21.3. The van der Waals surface area contributed by atoms with Crippen LogP contribution in [0.4, 0.5) is 14.5 Å². The second kappa shape index (κ2) is 8.38.